The van der Waals surface area contributed by atoms with E-state index >= 15 is 0 Å². The highest BCUT2D eigenvalue weighted by Gasteiger charge is 2.23. The van der Waals surface area contributed by atoms with Crippen molar-refractivity contribution in [1.82, 2.24) is 15.1 Å². The van der Waals surface area contributed by atoms with Gasteiger partial charge in [-0.05, 0) is 36.6 Å². The van der Waals surface area contributed by atoms with E-state index in [0.29, 0.717) is 18.4 Å². The highest BCUT2D eigenvalue weighted by Crippen LogP contribution is 2.19. The summed E-state index contributed by atoms with van der Waals surface area (Å²) in [5.74, 6) is -0.508. The number of halogens is 1. The minimum Gasteiger partial charge on any atom is -0.384 e. The molecule has 1 amide bonds. The van der Waals surface area contributed by atoms with Crippen LogP contribution in [-0.2, 0) is 23.9 Å². The molecule has 0 bridgehead atoms. The third kappa shape index (κ3) is 4.39. The van der Waals surface area contributed by atoms with Gasteiger partial charge in [0, 0.05) is 19.7 Å². The number of aliphatic hydroxyl groups is 1. The van der Waals surface area contributed by atoms with Gasteiger partial charge in [-0.2, -0.15) is 5.10 Å². The first-order valence-electron chi connectivity index (χ1n) is 7.09. The van der Waals surface area contributed by atoms with Gasteiger partial charge in [-0.1, -0.05) is 12.1 Å². The van der Waals surface area contributed by atoms with Crippen LogP contribution < -0.4 is 5.32 Å². The molecule has 0 aliphatic carbocycles. The zero-order valence-electron chi connectivity index (χ0n) is 12.7. The number of benzene rings is 1. The molecule has 1 unspecified atom stereocenters. The summed E-state index contributed by atoms with van der Waals surface area (Å²) < 4.78 is 14.6. The van der Waals surface area contributed by atoms with E-state index in [9.17, 15) is 14.3 Å². The van der Waals surface area contributed by atoms with E-state index in [1.165, 1.54) is 24.3 Å². The fraction of sp³-hybridized carbons (Fsp3) is 0.375. The lowest BCUT2D eigenvalue weighted by Gasteiger charge is -2.24. The average Bonchev–Trinajstić information content (AvgIpc) is 2.89. The average molecular weight is 305 g/mol. The number of carbonyl (C=O) groups is 1. The molecule has 2 aromatic rings. The van der Waals surface area contributed by atoms with E-state index in [0.717, 1.165) is 5.56 Å². The fourth-order valence-electron chi connectivity index (χ4n) is 2.13. The molecule has 22 heavy (non-hydrogen) atoms. The van der Waals surface area contributed by atoms with Gasteiger partial charge in [0.25, 0.3) is 0 Å². The molecule has 0 spiro atoms. The number of nitrogens with zero attached hydrogens (tertiary/aromatic N) is 2. The Bertz CT molecular complexity index is 635. The normalized spacial score (nSPS) is 13.6. The number of hydrogen-bond donors (Lipinski definition) is 2. The Morgan fingerprint density at radius 2 is 2.09 bits per heavy atom. The summed E-state index contributed by atoms with van der Waals surface area (Å²) in [7, 11) is 1.82. The molecule has 1 aromatic heterocycles. The van der Waals surface area contributed by atoms with Gasteiger partial charge in [-0.3, -0.25) is 9.48 Å². The van der Waals surface area contributed by atoms with Crippen LogP contribution in [0.5, 0.6) is 0 Å². The second-order valence-electron chi connectivity index (χ2n) is 5.58. The summed E-state index contributed by atoms with van der Waals surface area (Å²) >= 11 is 0. The maximum atomic E-state index is 12.9. The molecule has 2 rings (SSSR count). The summed E-state index contributed by atoms with van der Waals surface area (Å²) in [4.78, 5) is 11.8. The maximum Gasteiger partial charge on any atom is 0.220 e. The Balaban J connectivity index is 1.83. The van der Waals surface area contributed by atoms with Crippen LogP contribution in [0.4, 0.5) is 4.39 Å². The minimum absolute atomic E-state index is 0.0739. The van der Waals surface area contributed by atoms with Crippen molar-refractivity contribution in [3.63, 3.8) is 0 Å². The van der Waals surface area contributed by atoms with Crippen molar-refractivity contribution >= 4 is 5.91 Å². The minimum atomic E-state index is -1.24. The topological polar surface area (TPSA) is 67.2 Å². The van der Waals surface area contributed by atoms with E-state index < -0.39 is 5.60 Å². The summed E-state index contributed by atoms with van der Waals surface area (Å²) in [6.45, 7) is 1.66. The third-order valence-electron chi connectivity index (χ3n) is 3.49. The lowest BCUT2D eigenvalue weighted by atomic mass is 9.96. The van der Waals surface area contributed by atoms with Crippen LogP contribution >= 0.6 is 0 Å². The predicted molar refractivity (Wildman–Crippen MR) is 80.5 cm³/mol. The molecule has 0 saturated carbocycles. The molecule has 0 saturated heterocycles. The molecule has 2 N–H and O–H groups in total. The van der Waals surface area contributed by atoms with Crippen molar-refractivity contribution in [3.8, 4) is 0 Å². The maximum absolute atomic E-state index is 12.9. The van der Waals surface area contributed by atoms with Crippen LogP contribution in [-0.4, -0.2) is 27.3 Å². The van der Waals surface area contributed by atoms with Gasteiger partial charge < -0.3 is 10.4 Å². The molecule has 118 valence electrons. The van der Waals surface area contributed by atoms with Crippen LogP contribution in [0, 0.1) is 5.82 Å². The van der Waals surface area contributed by atoms with Crippen molar-refractivity contribution in [2.24, 2.45) is 7.05 Å². The lowest BCUT2D eigenvalue weighted by molar-refractivity contribution is -0.122. The predicted octanol–water partition coefficient (Wildman–Crippen LogP) is 1.52. The zero-order chi connectivity index (χ0) is 16.2. The van der Waals surface area contributed by atoms with Gasteiger partial charge in [-0.15, -0.1) is 0 Å². The molecule has 0 aliphatic rings. The Hall–Kier alpha value is -2.21. The Morgan fingerprint density at radius 1 is 1.41 bits per heavy atom. The number of aryl methyl sites for hydroxylation is 2. The molecule has 0 radical (unpaired) electrons. The quantitative estimate of drug-likeness (QED) is 0.850. The number of hydrogen-bond acceptors (Lipinski definition) is 3. The van der Waals surface area contributed by atoms with Crippen LogP contribution in [0.2, 0.25) is 0 Å². The highest BCUT2D eigenvalue weighted by atomic mass is 19.1. The summed E-state index contributed by atoms with van der Waals surface area (Å²) in [6.07, 6.45) is 4.51. The molecule has 1 heterocycles. The molecular formula is C16H20FN3O2. The first-order chi connectivity index (χ1) is 10.4. The van der Waals surface area contributed by atoms with Crippen molar-refractivity contribution < 1.29 is 14.3 Å². The summed E-state index contributed by atoms with van der Waals surface area (Å²) in [5.41, 5.74) is 0.307. The smallest absolute Gasteiger partial charge is 0.220 e. The Morgan fingerprint density at radius 3 is 2.68 bits per heavy atom. The van der Waals surface area contributed by atoms with E-state index in [2.05, 4.69) is 10.4 Å². The Labute approximate surface area is 128 Å². The van der Waals surface area contributed by atoms with Crippen LogP contribution in [0.1, 0.15) is 24.5 Å². The van der Waals surface area contributed by atoms with Crippen molar-refractivity contribution in [1.29, 1.82) is 0 Å². The zero-order valence-corrected chi connectivity index (χ0v) is 12.7. The number of rotatable bonds is 6. The standard InChI is InChI=1S/C16H20FN3O2/c1-16(22,13-4-6-14(17)7-5-13)11-18-15(21)8-3-12-9-19-20(2)10-12/h4-7,9-10,22H,3,8,11H2,1-2H3,(H,18,21). The molecule has 1 aromatic carbocycles. The van der Waals surface area contributed by atoms with Crippen molar-refractivity contribution in [2.45, 2.75) is 25.4 Å². The summed E-state index contributed by atoms with van der Waals surface area (Å²) in [5, 5.41) is 17.1. The lowest BCUT2D eigenvalue weighted by Crippen LogP contribution is -2.38. The van der Waals surface area contributed by atoms with Crippen molar-refractivity contribution in [2.75, 3.05) is 6.54 Å². The molecule has 0 fully saturated rings. The largest absolute Gasteiger partial charge is 0.384 e. The molecule has 5 nitrogen and oxygen atoms in total. The number of carbonyl (C=O) groups excluding carboxylic acids is 1. The van der Waals surface area contributed by atoms with E-state index in [1.807, 2.05) is 13.2 Å². The molecular weight excluding hydrogens is 285 g/mol. The first-order valence-corrected chi connectivity index (χ1v) is 7.09. The van der Waals surface area contributed by atoms with Gasteiger partial charge in [0.1, 0.15) is 11.4 Å². The van der Waals surface area contributed by atoms with Gasteiger partial charge >= 0.3 is 0 Å². The Kier molecular flexibility index (Phi) is 4.92. The van der Waals surface area contributed by atoms with E-state index in [1.54, 1.807) is 17.8 Å². The summed E-state index contributed by atoms with van der Waals surface area (Å²) in [6, 6.07) is 5.59. The second kappa shape index (κ2) is 6.70. The van der Waals surface area contributed by atoms with Crippen LogP contribution in [0.3, 0.4) is 0 Å². The van der Waals surface area contributed by atoms with Gasteiger partial charge in [0.2, 0.25) is 5.91 Å². The first kappa shape index (κ1) is 16.2. The van der Waals surface area contributed by atoms with Crippen molar-refractivity contribution in [3.05, 3.63) is 53.6 Å². The molecule has 0 aliphatic heterocycles. The van der Waals surface area contributed by atoms with Gasteiger partial charge in [-0.25, -0.2) is 4.39 Å². The highest BCUT2D eigenvalue weighted by molar-refractivity contribution is 5.76. The SMILES string of the molecule is Cn1cc(CCC(=O)NCC(C)(O)c2ccc(F)cc2)cn1. The fourth-order valence-corrected chi connectivity index (χ4v) is 2.13. The molecule has 1 atom stereocenters. The number of nitrogens with one attached hydrogen (secondary N) is 1. The number of aromatic nitrogens is 2. The monoisotopic (exact) mass is 305 g/mol. The van der Waals surface area contributed by atoms with Gasteiger partial charge in [0.05, 0.1) is 12.7 Å². The van der Waals surface area contributed by atoms with E-state index in [4.69, 9.17) is 0 Å². The number of amides is 1. The van der Waals surface area contributed by atoms with Gasteiger partial charge in [0.15, 0.2) is 0 Å². The second-order valence-corrected chi connectivity index (χ2v) is 5.58. The van der Waals surface area contributed by atoms with E-state index in [-0.39, 0.29) is 18.3 Å². The van der Waals surface area contributed by atoms with Crippen LogP contribution in [0.15, 0.2) is 36.7 Å². The van der Waals surface area contributed by atoms with Crippen LogP contribution in [0.25, 0.3) is 0 Å². The molecule has 6 heteroatoms. The third-order valence-corrected chi connectivity index (χ3v) is 3.49.